The van der Waals surface area contributed by atoms with Gasteiger partial charge in [0.1, 0.15) is 6.79 Å². The summed E-state index contributed by atoms with van der Waals surface area (Å²) in [6.45, 7) is 3.50. The number of ether oxygens (including phenoxy) is 2. The van der Waals surface area contributed by atoms with E-state index >= 15 is 0 Å². The van der Waals surface area contributed by atoms with Crippen LogP contribution < -0.4 is 0 Å². The standard InChI is InChI=1S/C13H27BrO2/c1-13(14)10-8-6-4-3-5-7-9-11-16-12-15-2/h13H,3-12H2,1-2H3/t13-/m1/s1. The van der Waals surface area contributed by atoms with E-state index in [4.69, 9.17) is 9.47 Å². The molecule has 0 saturated heterocycles. The second kappa shape index (κ2) is 13.5. The highest BCUT2D eigenvalue weighted by Gasteiger charge is 1.96. The molecule has 0 fully saturated rings. The van der Waals surface area contributed by atoms with Crippen molar-refractivity contribution < 1.29 is 9.47 Å². The second-order valence-corrected chi connectivity index (χ2v) is 5.92. The van der Waals surface area contributed by atoms with Gasteiger partial charge < -0.3 is 9.47 Å². The van der Waals surface area contributed by atoms with Crippen LogP contribution in [0.1, 0.15) is 58.3 Å². The molecule has 0 spiro atoms. The quantitative estimate of drug-likeness (QED) is 0.299. The van der Waals surface area contributed by atoms with Crippen LogP contribution in [0.15, 0.2) is 0 Å². The van der Waals surface area contributed by atoms with Gasteiger partial charge in [0, 0.05) is 18.5 Å². The van der Waals surface area contributed by atoms with Gasteiger partial charge in [0.05, 0.1) is 0 Å². The molecule has 0 bridgehead atoms. The van der Waals surface area contributed by atoms with E-state index in [0.717, 1.165) is 6.61 Å². The monoisotopic (exact) mass is 294 g/mol. The third-order valence-corrected chi connectivity index (χ3v) is 3.05. The fourth-order valence-electron chi connectivity index (χ4n) is 1.66. The first kappa shape index (κ1) is 16.4. The Balaban J connectivity index is 2.88. The van der Waals surface area contributed by atoms with Crippen LogP contribution in [-0.4, -0.2) is 25.3 Å². The third-order valence-electron chi connectivity index (χ3n) is 2.59. The molecule has 0 amide bonds. The Hall–Kier alpha value is 0.400. The van der Waals surface area contributed by atoms with Crippen molar-refractivity contribution in [2.45, 2.75) is 63.1 Å². The van der Waals surface area contributed by atoms with E-state index in [2.05, 4.69) is 22.9 Å². The van der Waals surface area contributed by atoms with Crippen molar-refractivity contribution in [3.63, 3.8) is 0 Å². The van der Waals surface area contributed by atoms with Crippen LogP contribution in [0.3, 0.4) is 0 Å². The normalized spacial score (nSPS) is 12.9. The predicted molar refractivity (Wildman–Crippen MR) is 73.2 cm³/mol. The topological polar surface area (TPSA) is 18.5 Å². The molecule has 98 valence electrons. The van der Waals surface area contributed by atoms with Gasteiger partial charge in [-0.15, -0.1) is 0 Å². The van der Waals surface area contributed by atoms with E-state index in [-0.39, 0.29) is 0 Å². The SMILES string of the molecule is COCOCCCCCCCCC[C@@H](C)Br. The highest BCUT2D eigenvalue weighted by molar-refractivity contribution is 9.09. The lowest BCUT2D eigenvalue weighted by Gasteiger charge is -2.04. The van der Waals surface area contributed by atoms with Crippen LogP contribution in [0.2, 0.25) is 0 Å². The molecular weight excluding hydrogens is 268 g/mol. The Kier molecular flexibility index (Phi) is 13.8. The number of hydrogen-bond acceptors (Lipinski definition) is 2. The average molecular weight is 295 g/mol. The smallest absolute Gasteiger partial charge is 0.146 e. The number of alkyl halides is 1. The minimum Gasteiger partial charge on any atom is -0.359 e. The average Bonchev–Trinajstić information content (AvgIpc) is 2.25. The van der Waals surface area contributed by atoms with Gasteiger partial charge in [0.2, 0.25) is 0 Å². The Labute approximate surface area is 109 Å². The minimum atomic E-state index is 0.435. The maximum Gasteiger partial charge on any atom is 0.146 e. The van der Waals surface area contributed by atoms with Crippen LogP contribution in [-0.2, 0) is 9.47 Å². The molecule has 0 rings (SSSR count). The van der Waals surface area contributed by atoms with E-state index < -0.39 is 0 Å². The van der Waals surface area contributed by atoms with Crippen LogP contribution >= 0.6 is 15.9 Å². The maximum absolute atomic E-state index is 5.23. The zero-order chi connectivity index (χ0) is 12.1. The van der Waals surface area contributed by atoms with Gasteiger partial charge in [0.25, 0.3) is 0 Å². The lowest BCUT2D eigenvalue weighted by molar-refractivity contribution is -0.0315. The summed E-state index contributed by atoms with van der Waals surface area (Å²) in [6.07, 6.45) is 10.6. The Morgan fingerprint density at radius 2 is 1.50 bits per heavy atom. The van der Waals surface area contributed by atoms with Crippen molar-refractivity contribution in [2.24, 2.45) is 0 Å². The van der Waals surface area contributed by atoms with Gasteiger partial charge in [-0.3, -0.25) is 0 Å². The van der Waals surface area contributed by atoms with Crippen molar-refractivity contribution in [3.05, 3.63) is 0 Å². The second-order valence-electron chi connectivity index (χ2n) is 4.36. The first-order chi connectivity index (χ1) is 7.77. The van der Waals surface area contributed by atoms with Gasteiger partial charge >= 0.3 is 0 Å². The molecule has 0 aromatic rings. The molecule has 0 saturated carbocycles. The van der Waals surface area contributed by atoms with E-state index in [0.29, 0.717) is 11.6 Å². The number of methoxy groups -OCH3 is 1. The van der Waals surface area contributed by atoms with Crippen molar-refractivity contribution >= 4 is 15.9 Å². The summed E-state index contributed by atoms with van der Waals surface area (Å²) >= 11 is 3.57. The minimum absolute atomic E-state index is 0.435. The number of rotatable bonds is 12. The molecule has 0 aliphatic heterocycles. The molecule has 0 aliphatic rings. The Morgan fingerprint density at radius 1 is 0.938 bits per heavy atom. The molecule has 0 unspecified atom stereocenters. The first-order valence-electron chi connectivity index (χ1n) is 6.48. The predicted octanol–water partition coefficient (Wildman–Crippen LogP) is 4.51. The maximum atomic E-state index is 5.23. The summed E-state index contributed by atoms with van der Waals surface area (Å²) in [5.74, 6) is 0. The van der Waals surface area contributed by atoms with Crippen LogP contribution in [0.4, 0.5) is 0 Å². The fraction of sp³-hybridized carbons (Fsp3) is 1.00. The number of hydrogen-bond donors (Lipinski definition) is 0. The van der Waals surface area contributed by atoms with Crippen molar-refractivity contribution in [2.75, 3.05) is 20.5 Å². The van der Waals surface area contributed by atoms with Gasteiger partial charge in [-0.1, -0.05) is 61.4 Å². The zero-order valence-corrected chi connectivity index (χ0v) is 12.4. The van der Waals surface area contributed by atoms with Gasteiger partial charge in [-0.05, 0) is 12.8 Å². The molecule has 0 radical (unpaired) electrons. The van der Waals surface area contributed by atoms with Crippen molar-refractivity contribution in [1.82, 2.24) is 0 Å². The van der Waals surface area contributed by atoms with Crippen LogP contribution in [0, 0.1) is 0 Å². The van der Waals surface area contributed by atoms with Gasteiger partial charge in [-0.2, -0.15) is 0 Å². The van der Waals surface area contributed by atoms with E-state index in [1.54, 1.807) is 7.11 Å². The summed E-state index contributed by atoms with van der Waals surface area (Å²) in [5.41, 5.74) is 0. The summed E-state index contributed by atoms with van der Waals surface area (Å²) in [6, 6.07) is 0. The first-order valence-corrected chi connectivity index (χ1v) is 7.39. The highest BCUT2D eigenvalue weighted by Crippen LogP contribution is 2.12. The molecule has 0 aromatic heterocycles. The summed E-state index contributed by atoms with van der Waals surface area (Å²) in [7, 11) is 1.66. The Morgan fingerprint density at radius 3 is 2.06 bits per heavy atom. The molecule has 3 heteroatoms. The summed E-state index contributed by atoms with van der Waals surface area (Å²) in [5, 5.41) is 0. The molecule has 16 heavy (non-hydrogen) atoms. The van der Waals surface area contributed by atoms with E-state index in [1.807, 2.05) is 0 Å². The Bertz CT molecular complexity index is 129. The van der Waals surface area contributed by atoms with Gasteiger partial charge in [0.15, 0.2) is 0 Å². The van der Waals surface area contributed by atoms with Crippen molar-refractivity contribution in [3.8, 4) is 0 Å². The molecule has 0 heterocycles. The number of halogens is 1. The summed E-state index contributed by atoms with van der Waals surface area (Å²) < 4.78 is 10.0. The molecule has 0 N–H and O–H groups in total. The summed E-state index contributed by atoms with van der Waals surface area (Å²) in [4.78, 5) is 0.686. The fourth-order valence-corrected chi connectivity index (χ4v) is 1.98. The largest absolute Gasteiger partial charge is 0.359 e. The van der Waals surface area contributed by atoms with Crippen LogP contribution in [0.25, 0.3) is 0 Å². The molecule has 0 aliphatic carbocycles. The highest BCUT2D eigenvalue weighted by atomic mass is 79.9. The molecule has 2 nitrogen and oxygen atoms in total. The zero-order valence-electron chi connectivity index (χ0n) is 10.8. The molecule has 1 atom stereocenters. The van der Waals surface area contributed by atoms with E-state index in [1.165, 1.54) is 51.4 Å². The number of unbranched alkanes of at least 4 members (excludes halogenated alkanes) is 6. The third kappa shape index (κ3) is 14.4. The van der Waals surface area contributed by atoms with E-state index in [9.17, 15) is 0 Å². The van der Waals surface area contributed by atoms with Gasteiger partial charge in [-0.25, -0.2) is 0 Å². The van der Waals surface area contributed by atoms with Crippen LogP contribution in [0.5, 0.6) is 0 Å². The lowest BCUT2D eigenvalue weighted by atomic mass is 10.1. The molecular formula is C13H27BrO2. The van der Waals surface area contributed by atoms with Crippen molar-refractivity contribution in [1.29, 1.82) is 0 Å². The molecule has 0 aromatic carbocycles. The lowest BCUT2D eigenvalue weighted by Crippen LogP contribution is -1.98.